The molecule has 0 radical (unpaired) electrons. The van der Waals surface area contributed by atoms with Gasteiger partial charge in [-0.15, -0.1) is 19.0 Å². The predicted octanol–water partition coefficient (Wildman–Crippen LogP) is 2.50. The van der Waals surface area contributed by atoms with E-state index in [9.17, 15) is 9.50 Å². The Morgan fingerprint density at radius 3 is 2.69 bits per heavy atom. The van der Waals surface area contributed by atoms with E-state index in [4.69, 9.17) is 11.5 Å². The quantitative estimate of drug-likeness (QED) is 0.434. The lowest BCUT2D eigenvalue weighted by Crippen LogP contribution is -2.11. The highest BCUT2D eigenvalue weighted by Gasteiger charge is 2.14. The molecule has 0 saturated carbocycles. The number of halogens is 2. The van der Waals surface area contributed by atoms with Crippen molar-refractivity contribution in [2.45, 2.75) is 18.9 Å². The average molecular weight is 247 g/mol. The van der Waals surface area contributed by atoms with Crippen LogP contribution in [0.3, 0.4) is 0 Å². The lowest BCUT2D eigenvalue weighted by Gasteiger charge is -2.14. The monoisotopic (exact) mass is 246 g/mol. The average Bonchev–Trinajstić information content (AvgIpc) is 2.19. The molecule has 3 nitrogen and oxygen atoms in total. The molecule has 0 saturated heterocycles. The number of nitrogens with two attached hydrogens (primary N) is 2. The summed E-state index contributed by atoms with van der Waals surface area (Å²) in [5, 5.41) is 9.59. The van der Waals surface area contributed by atoms with Crippen LogP contribution < -0.4 is 11.5 Å². The Balaban J connectivity index is 0.00000225. The summed E-state index contributed by atoms with van der Waals surface area (Å²) in [6.07, 6.45) is 3.02. The summed E-state index contributed by atoms with van der Waals surface area (Å²) in [6, 6.07) is 1.85. The van der Waals surface area contributed by atoms with Crippen molar-refractivity contribution in [3.05, 3.63) is 36.2 Å². The first-order chi connectivity index (χ1) is 7.06. The number of phenolic OH excluding ortho intramolecular Hbond substituents is 1. The van der Waals surface area contributed by atoms with E-state index < -0.39 is 11.9 Å². The van der Waals surface area contributed by atoms with Crippen molar-refractivity contribution < 1.29 is 9.50 Å². The zero-order valence-electron chi connectivity index (χ0n) is 8.82. The van der Waals surface area contributed by atoms with Gasteiger partial charge in [-0.2, -0.15) is 0 Å². The first kappa shape index (κ1) is 14.7. The van der Waals surface area contributed by atoms with Gasteiger partial charge in [0.1, 0.15) is 11.6 Å². The van der Waals surface area contributed by atoms with Crippen LogP contribution in [-0.2, 0) is 0 Å². The van der Waals surface area contributed by atoms with Gasteiger partial charge in [0.25, 0.3) is 0 Å². The van der Waals surface area contributed by atoms with Gasteiger partial charge in [-0.3, -0.25) is 0 Å². The second-order valence-electron chi connectivity index (χ2n) is 3.41. The van der Waals surface area contributed by atoms with Crippen LogP contribution in [0.15, 0.2) is 24.8 Å². The number of rotatable bonds is 4. The third kappa shape index (κ3) is 3.40. The van der Waals surface area contributed by atoms with E-state index in [-0.39, 0.29) is 23.8 Å². The fourth-order valence-corrected chi connectivity index (χ4v) is 1.38. The second-order valence-corrected chi connectivity index (χ2v) is 3.41. The largest absolute Gasteiger partial charge is 0.505 e. The number of anilines is 1. The molecule has 0 aromatic heterocycles. The van der Waals surface area contributed by atoms with Crippen LogP contribution in [0, 0.1) is 5.82 Å². The van der Waals surface area contributed by atoms with Gasteiger partial charge in [0.2, 0.25) is 0 Å². The SMILES string of the molecule is C=CCC[C@@H](N)c1cc(F)cc(N)c1O.Cl. The van der Waals surface area contributed by atoms with Crippen molar-refractivity contribution >= 4 is 18.1 Å². The predicted molar refractivity (Wildman–Crippen MR) is 66.1 cm³/mol. The summed E-state index contributed by atoms with van der Waals surface area (Å²) in [6.45, 7) is 3.57. The van der Waals surface area contributed by atoms with E-state index in [1.54, 1.807) is 6.08 Å². The minimum absolute atomic E-state index is 0. The van der Waals surface area contributed by atoms with Crippen molar-refractivity contribution in [2.75, 3.05) is 5.73 Å². The van der Waals surface area contributed by atoms with Crippen LogP contribution in [0.1, 0.15) is 24.4 Å². The highest BCUT2D eigenvalue weighted by atomic mass is 35.5. The molecule has 90 valence electrons. The maximum absolute atomic E-state index is 13.0. The van der Waals surface area contributed by atoms with Crippen LogP contribution in [0.5, 0.6) is 5.75 Å². The highest BCUT2D eigenvalue weighted by Crippen LogP contribution is 2.31. The molecule has 0 fully saturated rings. The Labute approximate surface area is 100 Å². The Morgan fingerprint density at radius 1 is 1.50 bits per heavy atom. The van der Waals surface area contributed by atoms with E-state index >= 15 is 0 Å². The fourth-order valence-electron chi connectivity index (χ4n) is 1.38. The second kappa shape index (κ2) is 6.35. The minimum Gasteiger partial charge on any atom is -0.505 e. The molecule has 0 amide bonds. The van der Waals surface area contributed by atoms with E-state index in [1.165, 1.54) is 6.07 Å². The Hall–Kier alpha value is -1.26. The third-order valence-electron chi connectivity index (χ3n) is 2.21. The van der Waals surface area contributed by atoms with Gasteiger partial charge in [-0.25, -0.2) is 4.39 Å². The molecule has 5 heteroatoms. The summed E-state index contributed by atoms with van der Waals surface area (Å²) in [5.41, 5.74) is 11.6. The van der Waals surface area contributed by atoms with Crippen molar-refractivity contribution in [3.8, 4) is 5.75 Å². The van der Waals surface area contributed by atoms with Crippen LogP contribution in [-0.4, -0.2) is 5.11 Å². The van der Waals surface area contributed by atoms with Gasteiger partial charge in [-0.05, 0) is 18.9 Å². The van der Waals surface area contributed by atoms with Crippen molar-refractivity contribution in [3.63, 3.8) is 0 Å². The van der Waals surface area contributed by atoms with Crippen LogP contribution >= 0.6 is 12.4 Å². The molecular weight excluding hydrogens is 231 g/mol. The van der Waals surface area contributed by atoms with Crippen molar-refractivity contribution in [1.29, 1.82) is 0 Å². The minimum atomic E-state index is -0.491. The molecule has 1 rings (SSSR count). The molecule has 0 heterocycles. The summed E-state index contributed by atoms with van der Waals surface area (Å²) >= 11 is 0. The molecule has 1 aromatic carbocycles. The summed E-state index contributed by atoms with van der Waals surface area (Å²) in [7, 11) is 0. The number of nitrogen functional groups attached to an aromatic ring is 1. The molecule has 0 aliphatic heterocycles. The van der Waals surface area contributed by atoms with Crippen molar-refractivity contribution in [2.24, 2.45) is 5.73 Å². The fraction of sp³-hybridized carbons (Fsp3) is 0.273. The van der Waals surface area contributed by atoms with Gasteiger partial charge in [0.15, 0.2) is 0 Å². The van der Waals surface area contributed by atoms with E-state index in [0.29, 0.717) is 18.4 Å². The standard InChI is InChI=1S/C11H15FN2O.ClH/c1-2-3-4-9(13)8-5-7(12)6-10(14)11(8)15;/h2,5-6,9,15H,1,3-4,13-14H2;1H/t9-;/m1./s1. The topological polar surface area (TPSA) is 72.3 Å². The Morgan fingerprint density at radius 2 is 2.12 bits per heavy atom. The maximum Gasteiger partial charge on any atom is 0.143 e. The molecule has 1 atom stereocenters. The number of hydrogen-bond acceptors (Lipinski definition) is 3. The molecule has 0 aliphatic carbocycles. The number of hydrogen-bond donors (Lipinski definition) is 3. The first-order valence-corrected chi connectivity index (χ1v) is 4.70. The summed E-state index contributed by atoms with van der Waals surface area (Å²) < 4.78 is 13.0. The van der Waals surface area contributed by atoms with Gasteiger partial charge in [0, 0.05) is 17.7 Å². The van der Waals surface area contributed by atoms with E-state index in [2.05, 4.69) is 6.58 Å². The van der Waals surface area contributed by atoms with Gasteiger partial charge >= 0.3 is 0 Å². The Bertz CT molecular complexity index is 371. The number of aromatic hydroxyl groups is 1. The zero-order valence-corrected chi connectivity index (χ0v) is 9.64. The summed E-state index contributed by atoms with van der Waals surface area (Å²) in [4.78, 5) is 0. The van der Waals surface area contributed by atoms with Crippen LogP contribution in [0.4, 0.5) is 10.1 Å². The van der Waals surface area contributed by atoms with Gasteiger partial charge in [-0.1, -0.05) is 6.08 Å². The first-order valence-electron chi connectivity index (χ1n) is 4.70. The lowest BCUT2D eigenvalue weighted by atomic mass is 10.0. The zero-order chi connectivity index (χ0) is 11.4. The van der Waals surface area contributed by atoms with Gasteiger partial charge < -0.3 is 16.6 Å². The van der Waals surface area contributed by atoms with Gasteiger partial charge in [0.05, 0.1) is 5.69 Å². The molecule has 0 bridgehead atoms. The lowest BCUT2D eigenvalue weighted by molar-refractivity contribution is 0.458. The molecule has 0 spiro atoms. The third-order valence-corrected chi connectivity index (χ3v) is 2.21. The molecule has 16 heavy (non-hydrogen) atoms. The van der Waals surface area contributed by atoms with E-state index in [0.717, 1.165) is 6.07 Å². The van der Waals surface area contributed by atoms with Crippen molar-refractivity contribution in [1.82, 2.24) is 0 Å². The normalized spacial score (nSPS) is 11.6. The highest BCUT2D eigenvalue weighted by molar-refractivity contribution is 5.85. The number of benzene rings is 1. The summed E-state index contributed by atoms with van der Waals surface area (Å²) in [5.74, 6) is -0.623. The van der Waals surface area contributed by atoms with Crippen LogP contribution in [0.25, 0.3) is 0 Å². The molecule has 0 unspecified atom stereocenters. The van der Waals surface area contributed by atoms with E-state index in [1.807, 2.05) is 0 Å². The van der Waals surface area contributed by atoms with Crippen LogP contribution in [0.2, 0.25) is 0 Å². The maximum atomic E-state index is 13.0. The molecule has 1 aromatic rings. The molecule has 5 N–H and O–H groups in total. The number of phenols is 1. The Kier molecular flexibility index (Phi) is 5.85. The molecule has 0 aliphatic rings. The smallest absolute Gasteiger partial charge is 0.143 e. The number of allylic oxidation sites excluding steroid dienone is 1. The molecular formula is C11H16ClFN2O.